The Hall–Kier alpha value is -3.03. The fraction of sp³-hybridized carbons (Fsp3) is 0.389. The molecule has 1 aliphatic rings. The lowest BCUT2D eigenvalue weighted by molar-refractivity contribution is -0.385. The van der Waals surface area contributed by atoms with Gasteiger partial charge in [-0.3, -0.25) is 14.9 Å². The number of hydrogen-bond acceptors (Lipinski definition) is 5. The predicted molar refractivity (Wildman–Crippen MR) is 96.0 cm³/mol. The minimum atomic E-state index is -0.850. The highest BCUT2D eigenvalue weighted by atomic mass is 16.6. The smallest absolute Gasteiger partial charge is 0.344 e. The average Bonchev–Trinajstić information content (AvgIpc) is 2.56. The van der Waals surface area contributed by atoms with Crippen molar-refractivity contribution in [3.05, 3.63) is 52.6 Å². The zero-order valence-electron chi connectivity index (χ0n) is 14.9. The third-order valence-corrected chi connectivity index (χ3v) is 3.97. The summed E-state index contributed by atoms with van der Waals surface area (Å²) in [6, 6.07) is 4.61. The molecule has 2 amide bonds. The number of urea groups is 1. The number of aliphatic imine (C=N–C) groups is 1. The predicted octanol–water partition coefficient (Wildman–Crippen LogP) is 3.29. The van der Waals surface area contributed by atoms with Crippen molar-refractivity contribution in [1.29, 1.82) is 0 Å². The zero-order chi connectivity index (χ0) is 19.4. The standard InChI is InChI=1S/C18H21N3O5/c1-5-9-20-16(13-7-6-8-14(10-13)21(24)25)15(12(4)19-18(20)23)17(22)26-11(2)3/h5-8,10-11,15-16H,1,9H2,2-4H3. The van der Waals surface area contributed by atoms with Crippen LogP contribution in [-0.4, -0.2) is 40.2 Å². The Morgan fingerprint density at radius 2 is 2.19 bits per heavy atom. The quantitative estimate of drug-likeness (QED) is 0.336. The number of ether oxygens (including phenoxy) is 1. The van der Waals surface area contributed by atoms with Gasteiger partial charge in [-0.2, -0.15) is 0 Å². The molecule has 2 atom stereocenters. The Morgan fingerprint density at radius 3 is 2.77 bits per heavy atom. The van der Waals surface area contributed by atoms with Crippen LogP contribution in [0.5, 0.6) is 0 Å². The molecular weight excluding hydrogens is 338 g/mol. The lowest BCUT2D eigenvalue weighted by Gasteiger charge is -2.38. The summed E-state index contributed by atoms with van der Waals surface area (Å²) in [5, 5.41) is 11.1. The van der Waals surface area contributed by atoms with Gasteiger partial charge < -0.3 is 9.64 Å². The van der Waals surface area contributed by atoms with Gasteiger partial charge in [0.2, 0.25) is 0 Å². The monoisotopic (exact) mass is 359 g/mol. The first-order valence-corrected chi connectivity index (χ1v) is 8.17. The molecule has 0 saturated heterocycles. The maximum atomic E-state index is 12.7. The van der Waals surface area contributed by atoms with Gasteiger partial charge in [-0.05, 0) is 26.3 Å². The van der Waals surface area contributed by atoms with E-state index in [9.17, 15) is 19.7 Å². The maximum absolute atomic E-state index is 12.7. The van der Waals surface area contributed by atoms with Crippen LogP contribution in [0.25, 0.3) is 0 Å². The molecule has 8 nitrogen and oxygen atoms in total. The number of carbonyl (C=O) groups is 2. The summed E-state index contributed by atoms with van der Waals surface area (Å²) in [7, 11) is 0. The van der Waals surface area contributed by atoms with Gasteiger partial charge in [0.05, 0.1) is 17.1 Å². The van der Waals surface area contributed by atoms with Crippen molar-refractivity contribution in [2.75, 3.05) is 6.54 Å². The van der Waals surface area contributed by atoms with Crippen molar-refractivity contribution in [2.24, 2.45) is 10.9 Å². The van der Waals surface area contributed by atoms with E-state index in [1.54, 1.807) is 26.8 Å². The van der Waals surface area contributed by atoms with Crippen molar-refractivity contribution in [3.63, 3.8) is 0 Å². The highest BCUT2D eigenvalue weighted by Gasteiger charge is 2.43. The highest BCUT2D eigenvalue weighted by molar-refractivity contribution is 6.08. The molecule has 138 valence electrons. The molecular formula is C18H21N3O5. The SMILES string of the molecule is C=CCN1C(=O)N=C(C)C(C(=O)OC(C)C)C1c1cccc([N+](=O)[O-])c1. The Kier molecular flexibility index (Phi) is 5.86. The van der Waals surface area contributed by atoms with E-state index < -0.39 is 28.9 Å². The summed E-state index contributed by atoms with van der Waals surface area (Å²) in [5.74, 6) is -1.38. The molecule has 0 aliphatic carbocycles. The summed E-state index contributed by atoms with van der Waals surface area (Å²) in [6.45, 7) is 8.81. The molecule has 1 aromatic rings. The van der Waals surface area contributed by atoms with Gasteiger partial charge in [0, 0.05) is 24.4 Å². The van der Waals surface area contributed by atoms with Crippen LogP contribution in [0.15, 0.2) is 41.9 Å². The second-order valence-electron chi connectivity index (χ2n) is 6.24. The van der Waals surface area contributed by atoms with Gasteiger partial charge in [0.1, 0.15) is 5.92 Å². The van der Waals surface area contributed by atoms with E-state index >= 15 is 0 Å². The number of rotatable bonds is 6. The normalized spacial score (nSPS) is 19.9. The first kappa shape index (κ1) is 19.3. The van der Waals surface area contributed by atoms with E-state index in [4.69, 9.17) is 4.74 Å². The molecule has 0 bridgehead atoms. The van der Waals surface area contributed by atoms with Gasteiger partial charge in [0.15, 0.2) is 0 Å². The highest BCUT2D eigenvalue weighted by Crippen LogP contribution is 2.36. The lowest BCUT2D eigenvalue weighted by atomic mass is 9.86. The molecule has 0 aromatic heterocycles. The van der Waals surface area contributed by atoms with Crippen LogP contribution in [0.1, 0.15) is 32.4 Å². The maximum Gasteiger partial charge on any atom is 0.344 e. The number of benzene rings is 1. The summed E-state index contributed by atoms with van der Waals surface area (Å²) in [4.78, 5) is 41.0. The topological polar surface area (TPSA) is 102 Å². The fourth-order valence-electron chi connectivity index (χ4n) is 2.94. The van der Waals surface area contributed by atoms with Crippen LogP contribution in [-0.2, 0) is 9.53 Å². The van der Waals surface area contributed by atoms with E-state index in [2.05, 4.69) is 11.6 Å². The average molecular weight is 359 g/mol. The Morgan fingerprint density at radius 1 is 1.50 bits per heavy atom. The minimum absolute atomic E-state index is 0.121. The first-order chi connectivity index (χ1) is 12.3. The number of nitro groups is 1. The van der Waals surface area contributed by atoms with Crippen LogP contribution >= 0.6 is 0 Å². The van der Waals surface area contributed by atoms with Crippen LogP contribution in [0.2, 0.25) is 0 Å². The third kappa shape index (κ3) is 3.96. The van der Waals surface area contributed by atoms with E-state index in [1.807, 2.05) is 0 Å². The van der Waals surface area contributed by atoms with E-state index in [-0.39, 0.29) is 18.3 Å². The largest absolute Gasteiger partial charge is 0.462 e. The van der Waals surface area contributed by atoms with Crippen molar-refractivity contribution >= 4 is 23.4 Å². The molecule has 2 unspecified atom stereocenters. The third-order valence-electron chi connectivity index (χ3n) is 3.97. The molecule has 0 spiro atoms. The first-order valence-electron chi connectivity index (χ1n) is 8.17. The molecule has 2 rings (SSSR count). The number of non-ortho nitro benzene ring substituents is 1. The Balaban J connectivity index is 2.58. The second kappa shape index (κ2) is 7.90. The van der Waals surface area contributed by atoms with Gasteiger partial charge in [-0.1, -0.05) is 18.2 Å². The molecule has 1 aromatic carbocycles. The van der Waals surface area contributed by atoms with Crippen LogP contribution in [0.3, 0.4) is 0 Å². The van der Waals surface area contributed by atoms with E-state index in [1.165, 1.54) is 29.2 Å². The van der Waals surface area contributed by atoms with Gasteiger partial charge >= 0.3 is 12.0 Å². The van der Waals surface area contributed by atoms with Gasteiger partial charge in [-0.15, -0.1) is 6.58 Å². The fourth-order valence-corrected chi connectivity index (χ4v) is 2.94. The van der Waals surface area contributed by atoms with Crippen LogP contribution < -0.4 is 0 Å². The number of hydrogen-bond donors (Lipinski definition) is 0. The van der Waals surface area contributed by atoms with Gasteiger partial charge in [0.25, 0.3) is 5.69 Å². The second-order valence-corrected chi connectivity index (χ2v) is 6.24. The van der Waals surface area contributed by atoms with Crippen molar-refractivity contribution in [1.82, 2.24) is 4.90 Å². The summed E-state index contributed by atoms with van der Waals surface area (Å²) in [5.41, 5.74) is 0.663. The molecule has 1 aliphatic heterocycles. The number of nitrogens with zero attached hydrogens (tertiary/aromatic N) is 3. The number of nitro benzene ring substituents is 1. The molecule has 8 heteroatoms. The molecule has 26 heavy (non-hydrogen) atoms. The molecule has 0 N–H and O–H groups in total. The van der Waals surface area contributed by atoms with Crippen molar-refractivity contribution < 1.29 is 19.2 Å². The van der Waals surface area contributed by atoms with Gasteiger partial charge in [-0.25, -0.2) is 9.79 Å². The Bertz CT molecular complexity index is 772. The van der Waals surface area contributed by atoms with Crippen molar-refractivity contribution in [2.45, 2.75) is 32.9 Å². The summed E-state index contributed by atoms with van der Waals surface area (Å²) < 4.78 is 5.33. The van der Waals surface area contributed by atoms with Crippen LogP contribution in [0, 0.1) is 16.0 Å². The number of amides is 2. The van der Waals surface area contributed by atoms with Crippen LogP contribution in [0.4, 0.5) is 10.5 Å². The van der Waals surface area contributed by atoms with E-state index in [0.29, 0.717) is 11.3 Å². The molecule has 0 radical (unpaired) electrons. The van der Waals surface area contributed by atoms with Crippen molar-refractivity contribution in [3.8, 4) is 0 Å². The Labute approximate surface area is 151 Å². The minimum Gasteiger partial charge on any atom is -0.462 e. The zero-order valence-corrected chi connectivity index (χ0v) is 14.9. The number of esters is 1. The molecule has 0 saturated carbocycles. The number of carbonyl (C=O) groups excluding carboxylic acids is 2. The summed E-state index contributed by atoms with van der Waals surface area (Å²) >= 11 is 0. The van der Waals surface area contributed by atoms with E-state index in [0.717, 1.165) is 0 Å². The molecule has 0 fully saturated rings. The molecule has 1 heterocycles. The summed E-state index contributed by atoms with van der Waals surface area (Å²) in [6.07, 6.45) is 1.18. The lowest BCUT2D eigenvalue weighted by Crippen LogP contribution is -2.47.